The third kappa shape index (κ3) is 5.32. The van der Waals surface area contributed by atoms with Gasteiger partial charge in [-0.1, -0.05) is 29.8 Å². The summed E-state index contributed by atoms with van der Waals surface area (Å²) in [5.74, 6) is -1.29. The van der Waals surface area contributed by atoms with Crippen LogP contribution in [0.2, 0.25) is 0 Å². The maximum absolute atomic E-state index is 14.1. The number of fused-ring (bicyclic) bond motifs is 3. The highest BCUT2D eigenvalue weighted by molar-refractivity contribution is 7.92. The van der Waals surface area contributed by atoms with Crippen molar-refractivity contribution in [2.24, 2.45) is 0 Å². The summed E-state index contributed by atoms with van der Waals surface area (Å²) in [7, 11) is -4.11. The molecule has 2 heterocycles. The molecule has 214 valence electrons. The largest absolute Gasteiger partial charge is 0.479 e. The molecule has 7 nitrogen and oxygen atoms in total. The first kappa shape index (κ1) is 29.5. The van der Waals surface area contributed by atoms with E-state index >= 15 is 0 Å². The van der Waals surface area contributed by atoms with E-state index in [1.165, 1.54) is 0 Å². The zero-order valence-corrected chi connectivity index (χ0v) is 24.1. The highest BCUT2D eigenvalue weighted by atomic mass is 32.2. The molecule has 0 unspecified atom stereocenters. The molecule has 0 saturated carbocycles. The first-order valence-electron chi connectivity index (χ1n) is 12.5. The fraction of sp³-hybridized carbons (Fsp3) is 0.379. The monoisotopic (exact) mass is 576 g/mol. The van der Waals surface area contributed by atoms with Crippen LogP contribution in [0.1, 0.15) is 60.3 Å². The maximum Gasteiger partial charge on any atom is 0.416 e. The fourth-order valence-corrected chi connectivity index (χ4v) is 6.18. The molecule has 3 aromatic rings. The second kappa shape index (κ2) is 9.88. The van der Waals surface area contributed by atoms with Crippen LogP contribution in [-0.4, -0.2) is 36.3 Å². The first-order chi connectivity index (χ1) is 18.3. The molecule has 0 fully saturated rings. The van der Waals surface area contributed by atoms with Gasteiger partial charge in [-0.25, -0.2) is 13.2 Å². The lowest BCUT2D eigenvalue weighted by Gasteiger charge is -2.37. The summed E-state index contributed by atoms with van der Waals surface area (Å²) < 4.78 is 75.3. The summed E-state index contributed by atoms with van der Waals surface area (Å²) >= 11 is 0. The van der Waals surface area contributed by atoms with Crippen LogP contribution in [0.4, 0.5) is 18.9 Å². The van der Waals surface area contributed by atoms with E-state index in [0.29, 0.717) is 16.7 Å². The summed E-state index contributed by atoms with van der Waals surface area (Å²) in [6.07, 6.45) is -4.28. The quantitative estimate of drug-likeness (QED) is 0.369. The topological polar surface area (TPSA) is 96.8 Å². The van der Waals surface area contributed by atoms with Gasteiger partial charge in [0.05, 0.1) is 35.3 Å². The van der Waals surface area contributed by atoms with Gasteiger partial charge in [0.2, 0.25) is 10.0 Å². The summed E-state index contributed by atoms with van der Waals surface area (Å²) in [5, 5.41) is 10.3. The van der Waals surface area contributed by atoms with Crippen LogP contribution in [0.15, 0.2) is 36.5 Å². The van der Waals surface area contributed by atoms with Crippen LogP contribution < -0.4 is 4.31 Å². The number of aliphatic carboxylic acids is 1. The second-order valence-corrected chi connectivity index (χ2v) is 12.9. The van der Waals surface area contributed by atoms with Gasteiger partial charge in [-0.15, -0.1) is 0 Å². The second-order valence-electron chi connectivity index (χ2n) is 11.0. The molecule has 1 aliphatic rings. The standard InChI is InChI=1S/C29H31F3N2O5S/c1-15-8-10-18(11-9-15)21-16(2)23-24-19(20(12-13-33-24)29(30,31)32)14-34(40(7,37)38)25(23)17(3)22(21)26(27(35)36)39-28(4,5)6/h8-13,26H,14H2,1-7H3,(H,35,36)/t26-/m0/s1. The van der Waals surface area contributed by atoms with Gasteiger partial charge in [0, 0.05) is 22.9 Å². The molecular weight excluding hydrogens is 545 g/mol. The van der Waals surface area contributed by atoms with Gasteiger partial charge < -0.3 is 9.84 Å². The molecule has 0 radical (unpaired) electrons. The van der Waals surface area contributed by atoms with E-state index in [1.807, 2.05) is 19.1 Å². The van der Waals surface area contributed by atoms with Crippen molar-refractivity contribution in [2.75, 3.05) is 10.6 Å². The normalized spacial score (nSPS) is 14.5. The number of hydrogen-bond acceptors (Lipinski definition) is 5. The molecular formula is C29H31F3N2O5S. The van der Waals surface area contributed by atoms with Crippen molar-refractivity contribution in [3.8, 4) is 22.4 Å². The minimum Gasteiger partial charge on any atom is -0.479 e. The van der Waals surface area contributed by atoms with Crippen LogP contribution in [-0.2, 0) is 32.3 Å². The zero-order valence-electron chi connectivity index (χ0n) is 23.3. The lowest BCUT2D eigenvalue weighted by atomic mass is 9.81. The van der Waals surface area contributed by atoms with E-state index in [2.05, 4.69) is 4.98 Å². The van der Waals surface area contributed by atoms with Crippen LogP contribution in [0.3, 0.4) is 0 Å². The number of pyridine rings is 1. The van der Waals surface area contributed by atoms with E-state index in [4.69, 9.17) is 4.74 Å². The average Bonchev–Trinajstić information content (AvgIpc) is 2.82. The number of carbonyl (C=O) groups is 1. The van der Waals surface area contributed by atoms with Crippen LogP contribution in [0.25, 0.3) is 22.4 Å². The SMILES string of the molecule is Cc1ccc(-c2c(C)c3c(c(C)c2[C@H](OC(C)(C)C)C(=O)O)N(S(C)(=O)=O)Cc2c(C(F)(F)F)ccnc2-3)cc1. The summed E-state index contributed by atoms with van der Waals surface area (Å²) in [6, 6.07) is 8.09. The van der Waals surface area contributed by atoms with Gasteiger partial charge in [0.1, 0.15) is 0 Å². The van der Waals surface area contributed by atoms with Crippen molar-refractivity contribution < 1.29 is 36.2 Å². The van der Waals surface area contributed by atoms with E-state index < -0.39 is 46.0 Å². The predicted molar refractivity (Wildman–Crippen MR) is 147 cm³/mol. The molecule has 1 aromatic heterocycles. The molecule has 1 N–H and O–H groups in total. The maximum atomic E-state index is 14.1. The van der Waals surface area contributed by atoms with Crippen LogP contribution in [0.5, 0.6) is 0 Å². The average molecular weight is 577 g/mol. The van der Waals surface area contributed by atoms with Crippen molar-refractivity contribution in [3.05, 3.63) is 69.9 Å². The third-order valence-electron chi connectivity index (χ3n) is 6.86. The Balaban J connectivity index is 2.24. The van der Waals surface area contributed by atoms with Gasteiger partial charge in [0.15, 0.2) is 6.10 Å². The molecule has 0 bridgehead atoms. The Bertz CT molecular complexity index is 1610. The molecule has 0 spiro atoms. The van der Waals surface area contributed by atoms with E-state index in [-0.39, 0.29) is 33.6 Å². The lowest BCUT2D eigenvalue weighted by Crippen LogP contribution is -2.36. The number of nitrogens with zero attached hydrogens (tertiary/aromatic N) is 2. The Kier molecular flexibility index (Phi) is 7.30. The first-order valence-corrected chi connectivity index (χ1v) is 14.4. The number of ether oxygens (including phenoxy) is 1. The summed E-state index contributed by atoms with van der Waals surface area (Å²) in [4.78, 5) is 17.0. The molecule has 1 atom stereocenters. The molecule has 4 rings (SSSR count). The van der Waals surface area contributed by atoms with Crippen LogP contribution >= 0.6 is 0 Å². The Morgan fingerprint density at radius 3 is 2.12 bits per heavy atom. The van der Waals surface area contributed by atoms with E-state index in [0.717, 1.165) is 28.4 Å². The highest BCUT2D eigenvalue weighted by Crippen LogP contribution is 2.52. The predicted octanol–water partition coefficient (Wildman–Crippen LogP) is 6.58. The van der Waals surface area contributed by atoms with Crippen molar-refractivity contribution in [2.45, 2.75) is 66.0 Å². The number of sulfonamides is 1. The molecule has 0 amide bonds. The van der Waals surface area contributed by atoms with E-state index in [9.17, 15) is 31.5 Å². The number of anilines is 1. The fourth-order valence-electron chi connectivity index (χ4n) is 5.25. The molecule has 1 aliphatic heterocycles. The van der Waals surface area contributed by atoms with Gasteiger partial charge >= 0.3 is 12.1 Å². The van der Waals surface area contributed by atoms with Gasteiger partial charge in [0.25, 0.3) is 0 Å². The molecule has 40 heavy (non-hydrogen) atoms. The number of carboxylic acid groups (broad SMARTS) is 1. The lowest BCUT2D eigenvalue weighted by molar-refractivity contribution is -0.160. The number of benzene rings is 2. The Morgan fingerprint density at radius 1 is 1.02 bits per heavy atom. The van der Waals surface area contributed by atoms with Gasteiger partial charge in [-0.05, 0) is 69.9 Å². The Labute approximate surface area is 231 Å². The van der Waals surface area contributed by atoms with Crippen molar-refractivity contribution in [1.82, 2.24) is 4.98 Å². The van der Waals surface area contributed by atoms with Crippen LogP contribution in [0, 0.1) is 20.8 Å². The summed E-state index contributed by atoms with van der Waals surface area (Å²) in [5.41, 5.74) is 1.05. The third-order valence-corrected chi connectivity index (χ3v) is 7.98. The Morgan fingerprint density at radius 2 is 1.62 bits per heavy atom. The minimum absolute atomic E-state index is 0.00820. The highest BCUT2D eigenvalue weighted by Gasteiger charge is 2.42. The van der Waals surface area contributed by atoms with Gasteiger partial charge in [-0.3, -0.25) is 9.29 Å². The molecule has 11 heteroatoms. The van der Waals surface area contributed by atoms with Crippen molar-refractivity contribution in [3.63, 3.8) is 0 Å². The summed E-state index contributed by atoms with van der Waals surface area (Å²) in [6.45, 7) is 9.62. The number of carboxylic acids is 1. The smallest absolute Gasteiger partial charge is 0.416 e. The number of aryl methyl sites for hydroxylation is 1. The van der Waals surface area contributed by atoms with Crippen molar-refractivity contribution in [1.29, 1.82) is 0 Å². The minimum atomic E-state index is -4.74. The molecule has 0 aliphatic carbocycles. The number of halogens is 3. The number of hydrogen-bond donors (Lipinski definition) is 1. The Hall–Kier alpha value is -3.44. The number of rotatable bonds is 5. The molecule has 0 saturated heterocycles. The number of aromatic nitrogens is 1. The molecule has 2 aromatic carbocycles. The number of alkyl halides is 3. The van der Waals surface area contributed by atoms with E-state index in [1.54, 1.807) is 46.8 Å². The zero-order chi connectivity index (χ0) is 29.9. The van der Waals surface area contributed by atoms with Crippen molar-refractivity contribution >= 4 is 21.7 Å². The van der Waals surface area contributed by atoms with Gasteiger partial charge in [-0.2, -0.15) is 13.2 Å².